The van der Waals surface area contributed by atoms with Crippen molar-refractivity contribution in [3.63, 3.8) is 0 Å². The van der Waals surface area contributed by atoms with Gasteiger partial charge in [0.15, 0.2) is 0 Å². The Kier molecular flexibility index (Phi) is 3.92. The average Bonchev–Trinajstić information content (AvgIpc) is 3.13. The van der Waals surface area contributed by atoms with Crippen molar-refractivity contribution in [2.75, 3.05) is 0 Å². The van der Waals surface area contributed by atoms with Gasteiger partial charge < -0.3 is 5.32 Å². The summed E-state index contributed by atoms with van der Waals surface area (Å²) in [6.45, 7) is 2.13. The third-order valence-corrected chi connectivity index (χ3v) is 4.00. The predicted octanol–water partition coefficient (Wildman–Crippen LogP) is 2.16. The fourth-order valence-electron chi connectivity index (χ4n) is 2.09. The molecule has 0 bridgehead atoms. The lowest BCUT2D eigenvalue weighted by molar-refractivity contribution is -0.122. The van der Waals surface area contributed by atoms with Crippen molar-refractivity contribution in [3.8, 4) is 0 Å². The van der Waals surface area contributed by atoms with E-state index >= 15 is 0 Å². The monoisotopic (exact) mass is 301 g/mol. The van der Waals surface area contributed by atoms with Gasteiger partial charge in [0.25, 0.3) is 0 Å². The van der Waals surface area contributed by atoms with Gasteiger partial charge >= 0.3 is 0 Å². The minimum Gasteiger partial charge on any atom is -0.345 e. The molecule has 0 saturated carbocycles. The van der Waals surface area contributed by atoms with E-state index in [0.717, 1.165) is 22.5 Å². The Morgan fingerprint density at radius 3 is 2.62 bits per heavy atom. The quantitative estimate of drug-likeness (QED) is 0.783. The molecular weight excluding hydrogens is 286 g/mol. The van der Waals surface area contributed by atoms with Crippen molar-refractivity contribution < 1.29 is 4.79 Å². The zero-order valence-electron chi connectivity index (χ0n) is 11.6. The van der Waals surface area contributed by atoms with Crippen molar-refractivity contribution in [1.82, 2.24) is 25.3 Å². The van der Waals surface area contributed by atoms with E-state index in [1.165, 1.54) is 4.80 Å². The number of rotatable bonds is 5. The number of fused-ring (bicyclic) bond motifs is 1. The minimum atomic E-state index is -0.114. The van der Waals surface area contributed by atoms with Gasteiger partial charge in [0.1, 0.15) is 22.6 Å². The summed E-state index contributed by atoms with van der Waals surface area (Å²) < 4.78 is 0. The predicted molar refractivity (Wildman–Crippen MR) is 80.8 cm³/mol. The van der Waals surface area contributed by atoms with Gasteiger partial charge in [-0.1, -0.05) is 19.1 Å². The summed E-state index contributed by atoms with van der Waals surface area (Å²) in [6.07, 6.45) is 2.55. The van der Waals surface area contributed by atoms with E-state index < -0.39 is 0 Å². The Morgan fingerprint density at radius 2 is 2.05 bits per heavy atom. The third-order valence-electron chi connectivity index (χ3n) is 3.11. The van der Waals surface area contributed by atoms with Crippen LogP contribution in [0.25, 0.3) is 11.0 Å². The van der Waals surface area contributed by atoms with Gasteiger partial charge in [-0.2, -0.15) is 15.0 Å². The fraction of sp³-hybridized carbons (Fsp3) is 0.286. The number of thiazole rings is 1. The van der Waals surface area contributed by atoms with Gasteiger partial charge in [-0.3, -0.25) is 4.79 Å². The summed E-state index contributed by atoms with van der Waals surface area (Å²) in [6, 6.07) is 7.50. The van der Waals surface area contributed by atoms with E-state index in [-0.39, 0.29) is 18.5 Å². The molecule has 1 aromatic carbocycles. The topological polar surface area (TPSA) is 72.7 Å². The molecule has 2 heterocycles. The number of aromatic nitrogens is 4. The Morgan fingerprint density at radius 1 is 1.33 bits per heavy atom. The molecule has 0 aliphatic rings. The first-order valence-electron chi connectivity index (χ1n) is 6.75. The summed E-state index contributed by atoms with van der Waals surface area (Å²) in [5, 5.41) is 14.4. The zero-order chi connectivity index (χ0) is 14.7. The van der Waals surface area contributed by atoms with E-state index in [0.29, 0.717) is 0 Å². The maximum Gasteiger partial charge on any atom is 0.244 e. The molecule has 0 fully saturated rings. The first-order valence-corrected chi connectivity index (χ1v) is 7.63. The summed E-state index contributed by atoms with van der Waals surface area (Å²) in [5.74, 6) is -0.114. The van der Waals surface area contributed by atoms with E-state index in [9.17, 15) is 4.79 Å². The standard InChI is InChI=1S/C14H15N5OS/c1-2-10(14-15-7-8-21-14)16-13(20)9-19-17-11-5-3-4-6-12(11)18-19/h3-8,10H,2,9H2,1H3,(H,16,20)/t10-/m1/s1. The number of hydrogen-bond donors (Lipinski definition) is 1. The van der Waals surface area contributed by atoms with Gasteiger partial charge in [-0.15, -0.1) is 11.3 Å². The molecule has 21 heavy (non-hydrogen) atoms. The number of carbonyl (C=O) groups excluding carboxylic acids is 1. The molecule has 0 spiro atoms. The Hall–Kier alpha value is -2.28. The summed E-state index contributed by atoms with van der Waals surface area (Å²) in [5.41, 5.74) is 1.58. The molecule has 1 N–H and O–H groups in total. The van der Waals surface area contributed by atoms with Crippen molar-refractivity contribution in [3.05, 3.63) is 40.8 Å². The van der Waals surface area contributed by atoms with Crippen molar-refractivity contribution >= 4 is 28.3 Å². The van der Waals surface area contributed by atoms with Crippen LogP contribution in [0, 0.1) is 0 Å². The van der Waals surface area contributed by atoms with Crippen molar-refractivity contribution in [2.24, 2.45) is 0 Å². The molecular formula is C14H15N5OS. The molecule has 7 heteroatoms. The number of hydrogen-bond acceptors (Lipinski definition) is 5. The molecule has 3 aromatic rings. The van der Waals surface area contributed by atoms with E-state index in [1.807, 2.05) is 36.6 Å². The molecule has 0 radical (unpaired) electrons. The normalized spacial score (nSPS) is 12.4. The van der Waals surface area contributed by atoms with Crippen LogP contribution >= 0.6 is 11.3 Å². The molecule has 0 aliphatic heterocycles. The Balaban J connectivity index is 1.68. The molecule has 1 atom stereocenters. The number of carbonyl (C=O) groups is 1. The minimum absolute atomic E-state index is 0.0533. The van der Waals surface area contributed by atoms with E-state index in [2.05, 4.69) is 20.5 Å². The lowest BCUT2D eigenvalue weighted by Crippen LogP contribution is -2.31. The molecule has 1 amide bonds. The highest BCUT2D eigenvalue weighted by Crippen LogP contribution is 2.18. The summed E-state index contributed by atoms with van der Waals surface area (Å²) in [4.78, 5) is 17.8. The van der Waals surface area contributed by atoms with Crippen LogP contribution < -0.4 is 5.32 Å². The van der Waals surface area contributed by atoms with Crippen LogP contribution in [0.1, 0.15) is 24.4 Å². The van der Waals surface area contributed by atoms with Crippen molar-refractivity contribution in [2.45, 2.75) is 25.9 Å². The molecule has 108 valence electrons. The van der Waals surface area contributed by atoms with Gasteiger partial charge in [0, 0.05) is 11.6 Å². The third kappa shape index (κ3) is 3.08. The highest BCUT2D eigenvalue weighted by Gasteiger charge is 2.16. The summed E-state index contributed by atoms with van der Waals surface area (Å²) in [7, 11) is 0. The maximum absolute atomic E-state index is 12.1. The number of benzene rings is 1. The van der Waals surface area contributed by atoms with Crippen LogP contribution in [-0.2, 0) is 11.3 Å². The second-order valence-corrected chi connectivity index (χ2v) is 5.54. The second kappa shape index (κ2) is 6.01. The van der Waals surface area contributed by atoms with Crippen LogP contribution in [0.15, 0.2) is 35.8 Å². The van der Waals surface area contributed by atoms with Gasteiger partial charge in [-0.25, -0.2) is 4.98 Å². The smallest absolute Gasteiger partial charge is 0.244 e. The average molecular weight is 301 g/mol. The molecule has 0 aliphatic carbocycles. The lowest BCUT2D eigenvalue weighted by Gasteiger charge is -2.13. The second-order valence-electron chi connectivity index (χ2n) is 4.62. The molecule has 2 aromatic heterocycles. The first kappa shape index (κ1) is 13.7. The van der Waals surface area contributed by atoms with E-state index in [4.69, 9.17) is 0 Å². The number of amides is 1. The number of nitrogens with zero attached hydrogens (tertiary/aromatic N) is 4. The Bertz CT molecular complexity index is 704. The fourth-order valence-corrected chi connectivity index (χ4v) is 2.86. The van der Waals surface area contributed by atoms with Crippen LogP contribution in [0.5, 0.6) is 0 Å². The highest BCUT2D eigenvalue weighted by molar-refractivity contribution is 7.09. The molecule has 0 saturated heterocycles. The molecule has 6 nitrogen and oxygen atoms in total. The van der Waals surface area contributed by atoms with Crippen LogP contribution in [-0.4, -0.2) is 25.9 Å². The zero-order valence-corrected chi connectivity index (χ0v) is 12.4. The summed E-state index contributed by atoms with van der Waals surface area (Å²) >= 11 is 1.54. The molecule has 3 rings (SSSR count). The Labute approximate surface area is 125 Å². The van der Waals surface area contributed by atoms with Crippen molar-refractivity contribution in [1.29, 1.82) is 0 Å². The SMILES string of the molecule is CC[C@@H](NC(=O)Cn1nc2ccccc2n1)c1nccs1. The van der Waals surface area contributed by atoms with Gasteiger partial charge in [0.05, 0.1) is 6.04 Å². The molecule has 0 unspecified atom stereocenters. The van der Waals surface area contributed by atoms with Gasteiger partial charge in [0.2, 0.25) is 5.91 Å². The van der Waals surface area contributed by atoms with E-state index in [1.54, 1.807) is 17.5 Å². The largest absolute Gasteiger partial charge is 0.345 e. The first-order chi connectivity index (χ1) is 10.3. The maximum atomic E-state index is 12.1. The van der Waals surface area contributed by atoms with Crippen LogP contribution in [0.4, 0.5) is 0 Å². The van der Waals surface area contributed by atoms with Gasteiger partial charge in [-0.05, 0) is 18.6 Å². The number of nitrogens with one attached hydrogen (secondary N) is 1. The lowest BCUT2D eigenvalue weighted by atomic mass is 10.2. The van der Waals surface area contributed by atoms with Crippen LogP contribution in [0.3, 0.4) is 0 Å². The van der Waals surface area contributed by atoms with Crippen LogP contribution in [0.2, 0.25) is 0 Å². The highest BCUT2D eigenvalue weighted by atomic mass is 32.1.